The molecule has 1 fully saturated rings. The topological polar surface area (TPSA) is 58.9 Å². The van der Waals surface area contributed by atoms with Gasteiger partial charge in [-0.05, 0) is 55.7 Å². The Morgan fingerprint density at radius 1 is 1.26 bits per heavy atom. The second kappa shape index (κ2) is 7.55. The van der Waals surface area contributed by atoms with Gasteiger partial charge in [-0.15, -0.1) is 5.10 Å². The van der Waals surface area contributed by atoms with Crippen molar-refractivity contribution in [1.29, 1.82) is 0 Å². The number of piperidine rings is 1. The summed E-state index contributed by atoms with van der Waals surface area (Å²) in [6.07, 6.45) is 4.71. The summed E-state index contributed by atoms with van der Waals surface area (Å²) in [6, 6.07) is 0.674. The quantitative estimate of drug-likeness (QED) is 0.799. The van der Waals surface area contributed by atoms with Gasteiger partial charge in [0.2, 0.25) is 0 Å². The molecular formula is C13H26N6. The van der Waals surface area contributed by atoms with Crippen LogP contribution < -0.4 is 5.32 Å². The van der Waals surface area contributed by atoms with E-state index < -0.39 is 0 Å². The maximum atomic E-state index is 4.20. The van der Waals surface area contributed by atoms with Crippen molar-refractivity contribution in [3.63, 3.8) is 0 Å². The summed E-state index contributed by atoms with van der Waals surface area (Å²) in [7, 11) is 0. The zero-order valence-electron chi connectivity index (χ0n) is 12.2. The van der Waals surface area contributed by atoms with Gasteiger partial charge in [-0.3, -0.25) is 4.90 Å². The van der Waals surface area contributed by atoms with Crippen molar-refractivity contribution in [2.24, 2.45) is 0 Å². The van der Waals surface area contributed by atoms with E-state index in [1.54, 1.807) is 0 Å². The Labute approximate surface area is 115 Å². The predicted octanol–water partition coefficient (Wildman–Crippen LogP) is 1.05. The molecule has 2 rings (SSSR count). The molecule has 6 heteroatoms. The van der Waals surface area contributed by atoms with Crippen LogP contribution in [-0.4, -0.2) is 50.8 Å². The number of hydrogen-bond acceptors (Lipinski definition) is 5. The number of hydrogen-bond donors (Lipinski definition) is 1. The van der Waals surface area contributed by atoms with Crippen LogP contribution in [0.1, 0.15) is 45.4 Å². The van der Waals surface area contributed by atoms with Crippen molar-refractivity contribution in [1.82, 2.24) is 30.4 Å². The Bertz CT molecular complexity index is 358. The fraction of sp³-hybridized carbons (Fsp3) is 0.923. The van der Waals surface area contributed by atoms with Crippen LogP contribution in [0, 0.1) is 0 Å². The monoisotopic (exact) mass is 266 g/mol. The van der Waals surface area contributed by atoms with Gasteiger partial charge in [0.25, 0.3) is 0 Å². The van der Waals surface area contributed by atoms with E-state index in [4.69, 9.17) is 0 Å². The van der Waals surface area contributed by atoms with Gasteiger partial charge in [-0.25, -0.2) is 4.68 Å². The second-order valence-corrected chi connectivity index (χ2v) is 5.27. The van der Waals surface area contributed by atoms with Gasteiger partial charge in [-0.2, -0.15) is 0 Å². The Kier molecular flexibility index (Phi) is 5.72. The molecule has 1 aliphatic heterocycles. The van der Waals surface area contributed by atoms with Gasteiger partial charge < -0.3 is 5.32 Å². The molecule has 1 aliphatic rings. The molecule has 0 bridgehead atoms. The highest BCUT2D eigenvalue weighted by Crippen LogP contribution is 2.15. The molecule has 1 aromatic heterocycles. The third-order valence-corrected chi connectivity index (χ3v) is 3.72. The van der Waals surface area contributed by atoms with Crippen molar-refractivity contribution >= 4 is 0 Å². The minimum absolute atomic E-state index is 0.674. The van der Waals surface area contributed by atoms with E-state index in [9.17, 15) is 0 Å². The number of aryl methyl sites for hydroxylation is 1. The molecule has 0 spiro atoms. The molecule has 1 aromatic rings. The highest BCUT2D eigenvalue weighted by molar-refractivity contribution is 4.85. The second-order valence-electron chi connectivity index (χ2n) is 5.27. The highest BCUT2D eigenvalue weighted by atomic mass is 15.5. The molecule has 0 amide bonds. The average molecular weight is 266 g/mol. The number of rotatable bonds is 7. The van der Waals surface area contributed by atoms with Crippen molar-refractivity contribution in [2.45, 2.75) is 58.7 Å². The molecule has 0 saturated carbocycles. The van der Waals surface area contributed by atoms with Crippen molar-refractivity contribution in [3.8, 4) is 0 Å². The van der Waals surface area contributed by atoms with Crippen LogP contribution in [-0.2, 0) is 13.1 Å². The maximum Gasteiger partial charge on any atom is 0.165 e. The first kappa shape index (κ1) is 14.4. The summed E-state index contributed by atoms with van der Waals surface area (Å²) in [5, 5.41) is 15.5. The van der Waals surface area contributed by atoms with Crippen LogP contribution in [0.3, 0.4) is 0 Å². The van der Waals surface area contributed by atoms with Crippen LogP contribution in [0.15, 0.2) is 0 Å². The molecule has 0 aliphatic carbocycles. The third-order valence-electron chi connectivity index (χ3n) is 3.72. The fourth-order valence-corrected chi connectivity index (χ4v) is 2.75. The van der Waals surface area contributed by atoms with Crippen LogP contribution in [0.2, 0.25) is 0 Å². The molecule has 19 heavy (non-hydrogen) atoms. The molecule has 2 heterocycles. The number of aromatic nitrogens is 4. The van der Waals surface area contributed by atoms with Gasteiger partial charge in [0.05, 0.1) is 6.54 Å². The predicted molar refractivity (Wildman–Crippen MR) is 74.7 cm³/mol. The molecule has 0 atom stereocenters. The standard InChI is InChI=1S/C13H26N6/c1-3-9-18(12-5-7-14-8-6-12)11-13-15-16-17-19(13)10-4-2/h12,14H,3-11H2,1-2H3. The van der Waals surface area contributed by atoms with Gasteiger partial charge in [0.1, 0.15) is 0 Å². The van der Waals surface area contributed by atoms with E-state index in [1.807, 2.05) is 4.68 Å². The Morgan fingerprint density at radius 2 is 2.05 bits per heavy atom. The van der Waals surface area contributed by atoms with Gasteiger partial charge >= 0.3 is 0 Å². The summed E-state index contributed by atoms with van der Waals surface area (Å²) < 4.78 is 1.95. The molecule has 0 unspecified atom stereocenters. The Hall–Kier alpha value is -1.01. The molecule has 1 saturated heterocycles. The van der Waals surface area contributed by atoms with E-state index in [1.165, 1.54) is 19.3 Å². The highest BCUT2D eigenvalue weighted by Gasteiger charge is 2.22. The molecule has 108 valence electrons. The normalized spacial score (nSPS) is 17.2. The summed E-state index contributed by atoms with van der Waals surface area (Å²) >= 11 is 0. The lowest BCUT2D eigenvalue weighted by Crippen LogP contribution is -2.43. The van der Waals surface area contributed by atoms with Crippen LogP contribution >= 0.6 is 0 Å². The summed E-state index contributed by atoms with van der Waals surface area (Å²) in [5.41, 5.74) is 0. The zero-order valence-corrected chi connectivity index (χ0v) is 12.2. The summed E-state index contributed by atoms with van der Waals surface area (Å²) in [4.78, 5) is 2.55. The van der Waals surface area contributed by atoms with E-state index in [2.05, 4.69) is 39.6 Å². The minimum Gasteiger partial charge on any atom is -0.317 e. The fourth-order valence-electron chi connectivity index (χ4n) is 2.75. The van der Waals surface area contributed by atoms with Gasteiger partial charge in [0.15, 0.2) is 5.82 Å². The molecule has 0 aromatic carbocycles. The smallest absolute Gasteiger partial charge is 0.165 e. The number of tetrazole rings is 1. The largest absolute Gasteiger partial charge is 0.317 e. The lowest BCUT2D eigenvalue weighted by atomic mass is 10.0. The lowest BCUT2D eigenvalue weighted by molar-refractivity contribution is 0.148. The zero-order chi connectivity index (χ0) is 13.5. The minimum atomic E-state index is 0.674. The maximum absolute atomic E-state index is 4.20. The lowest BCUT2D eigenvalue weighted by Gasteiger charge is -2.34. The van der Waals surface area contributed by atoms with Crippen molar-refractivity contribution in [2.75, 3.05) is 19.6 Å². The summed E-state index contributed by atoms with van der Waals surface area (Å²) in [6.45, 7) is 9.57. The first-order valence-electron chi connectivity index (χ1n) is 7.55. The van der Waals surface area contributed by atoms with E-state index in [-0.39, 0.29) is 0 Å². The van der Waals surface area contributed by atoms with Crippen molar-refractivity contribution in [3.05, 3.63) is 5.82 Å². The Balaban J connectivity index is 2.00. The summed E-state index contributed by atoms with van der Waals surface area (Å²) in [5.74, 6) is 1.01. The number of nitrogens with zero attached hydrogens (tertiary/aromatic N) is 5. The third kappa shape index (κ3) is 3.98. The average Bonchev–Trinajstić information content (AvgIpc) is 2.87. The van der Waals surface area contributed by atoms with Crippen molar-refractivity contribution < 1.29 is 0 Å². The van der Waals surface area contributed by atoms with E-state index >= 15 is 0 Å². The molecule has 1 N–H and O–H groups in total. The SMILES string of the molecule is CCCN(Cc1nnnn1CCC)C1CCNCC1. The van der Waals surface area contributed by atoms with Gasteiger partial charge in [0, 0.05) is 12.6 Å². The molecule has 0 radical (unpaired) electrons. The van der Waals surface area contributed by atoms with E-state index in [0.29, 0.717) is 6.04 Å². The Morgan fingerprint density at radius 3 is 2.74 bits per heavy atom. The molecular weight excluding hydrogens is 240 g/mol. The first-order chi connectivity index (χ1) is 9.35. The first-order valence-corrected chi connectivity index (χ1v) is 7.55. The van der Waals surface area contributed by atoms with Crippen LogP contribution in [0.4, 0.5) is 0 Å². The molecule has 6 nitrogen and oxygen atoms in total. The number of nitrogens with one attached hydrogen (secondary N) is 1. The van der Waals surface area contributed by atoms with E-state index in [0.717, 1.165) is 45.0 Å². The van der Waals surface area contributed by atoms with Crippen LogP contribution in [0.5, 0.6) is 0 Å². The van der Waals surface area contributed by atoms with Crippen LogP contribution in [0.25, 0.3) is 0 Å². The van der Waals surface area contributed by atoms with Gasteiger partial charge in [-0.1, -0.05) is 13.8 Å².